The van der Waals surface area contributed by atoms with E-state index in [4.69, 9.17) is 4.74 Å². The Morgan fingerprint density at radius 3 is 2.75 bits per heavy atom. The van der Waals surface area contributed by atoms with Gasteiger partial charge in [-0.05, 0) is 48.4 Å². The average Bonchev–Trinajstić information content (AvgIpc) is 2.69. The molecule has 1 atom stereocenters. The Hall–Kier alpha value is -3.55. The Morgan fingerprint density at radius 1 is 1.29 bits per heavy atom. The maximum Gasteiger partial charge on any atom is 0.253 e. The van der Waals surface area contributed by atoms with E-state index in [1.807, 2.05) is 0 Å². The van der Waals surface area contributed by atoms with Crippen LogP contribution in [0.15, 0.2) is 59.7 Å². The summed E-state index contributed by atoms with van der Waals surface area (Å²) in [6.45, 7) is 0.742. The van der Waals surface area contributed by atoms with Gasteiger partial charge in [0, 0.05) is 18.5 Å². The van der Waals surface area contributed by atoms with E-state index in [-0.39, 0.29) is 16.8 Å². The molecular weight excluding hydrogens is 368 g/mol. The van der Waals surface area contributed by atoms with Crippen molar-refractivity contribution in [2.45, 2.75) is 13.0 Å². The summed E-state index contributed by atoms with van der Waals surface area (Å²) in [4.78, 5) is 30.3. The minimum Gasteiger partial charge on any atom is -0.463 e. The van der Waals surface area contributed by atoms with Gasteiger partial charge in [0.15, 0.2) is 0 Å². The van der Waals surface area contributed by atoms with Crippen LogP contribution in [0.4, 0.5) is 8.78 Å². The molecule has 8 heteroatoms. The lowest BCUT2D eigenvalue weighted by molar-refractivity contribution is 0.0941. The van der Waals surface area contributed by atoms with Gasteiger partial charge in [-0.15, -0.1) is 0 Å². The molecule has 2 aromatic heterocycles. The molecule has 0 radical (unpaired) electrons. The molecule has 0 saturated heterocycles. The monoisotopic (exact) mass is 385 g/mol. The number of amides is 1. The zero-order valence-corrected chi connectivity index (χ0v) is 14.9. The number of H-pyrrole nitrogens is 1. The molecule has 1 aromatic carbocycles. The highest BCUT2D eigenvalue weighted by atomic mass is 19.1. The fraction of sp³-hybridized carbons (Fsp3) is 0.150. The summed E-state index contributed by atoms with van der Waals surface area (Å²) >= 11 is 0. The van der Waals surface area contributed by atoms with Gasteiger partial charge < -0.3 is 15.0 Å². The molecule has 0 bridgehead atoms. The predicted molar refractivity (Wildman–Crippen MR) is 98.3 cm³/mol. The van der Waals surface area contributed by atoms with E-state index in [1.54, 1.807) is 25.1 Å². The lowest BCUT2D eigenvalue weighted by Gasteiger charge is -2.20. The third kappa shape index (κ3) is 4.22. The van der Waals surface area contributed by atoms with Gasteiger partial charge in [-0.3, -0.25) is 14.6 Å². The zero-order chi connectivity index (χ0) is 20.1. The quantitative estimate of drug-likeness (QED) is 0.683. The Bertz CT molecular complexity index is 1030. The molecule has 2 heterocycles. The summed E-state index contributed by atoms with van der Waals surface area (Å²) in [5.41, 5.74) is 1.05. The van der Waals surface area contributed by atoms with E-state index in [0.29, 0.717) is 16.9 Å². The Kier molecular flexibility index (Phi) is 5.78. The summed E-state index contributed by atoms with van der Waals surface area (Å²) in [5.74, 6) is -0.762. The second kappa shape index (κ2) is 8.43. The maximum atomic E-state index is 14.4. The van der Waals surface area contributed by atoms with Gasteiger partial charge in [0.05, 0.1) is 11.6 Å². The number of pyridine rings is 2. The molecule has 28 heavy (non-hydrogen) atoms. The summed E-state index contributed by atoms with van der Waals surface area (Å²) < 4.78 is 31.7. The van der Waals surface area contributed by atoms with Crippen LogP contribution in [-0.2, 0) is 0 Å². The Morgan fingerprint density at radius 2 is 2.11 bits per heavy atom. The van der Waals surface area contributed by atoms with Crippen molar-refractivity contribution in [3.8, 4) is 5.75 Å². The smallest absolute Gasteiger partial charge is 0.253 e. The molecular formula is C20H17F2N3O3. The van der Waals surface area contributed by atoms with Crippen LogP contribution in [0.3, 0.4) is 0 Å². The number of aryl methyl sites for hydroxylation is 1. The number of aromatic amines is 1. The van der Waals surface area contributed by atoms with Gasteiger partial charge in [-0.25, -0.2) is 8.78 Å². The topological polar surface area (TPSA) is 84.1 Å². The molecule has 0 aliphatic carbocycles. The zero-order valence-electron chi connectivity index (χ0n) is 14.9. The Balaban J connectivity index is 1.99. The standard InChI is InChI=1S/C20H17F2N3O3/c1-12-9-13(4-6-16(12)28-11-21)18(19-15(22)3-2-8-23-19)25-20(27)14-5-7-17(26)24-10-14/h2-10,18H,11H2,1H3,(H,24,26)(H,25,27)/t18-/m0/s1. The lowest BCUT2D eigenvalue weighted by atomic mass is 9.99. The molecule has 0 unspecified atom stereocenters. The third-order valence-electron chi connectivity index (χ3n) is 4.12. The third-order valence-corrected chi connectivity index (χ3v) is 4.12. The number of carbonyl (C=O) groups is 1. The van der Waals surface area contributed by atoms with E-state index < -0.39 is 24.6 Å². The summed E-state index contributed by atoms with van der Waals surface area (Å²) in [6.07, 6.45) is 2.69. The molecule has 0 spiro atoms. The van der Waals surface area contributed by atoms with Crippen LogP contribution in [0.2, 0.25) is 0 Å². The van der Waals surface area contributed by atoms with Crippen molar-refractivity contribution in [3.05, 3.63) is 93.4 Å². The van der Waals surface area contributed by atoms with Crippen molar-refractivity contribution in [1.82, 2.24) is 15.3 Å². The number of benzene rings is 1. The van der Waals surface area contributed by atoms with Crippen molar-refractivity contribution < 1.29 is 18.3 Å². The molecule has 0 aliphatic rings. The van der Waals surface area contributed by atoms with Gasteiger partial charge in [-0.2, -0.15) is 0 Å². The second-order valence-corrected chi connectivity index (χ2v) is 6.00. The average molecular weight is 385 g/mol. The van der Waals surface area contributed by atoms with Crippen LogP contribution < -0.4 is 15.6 Å². The molecule has 0 fully saturated rings. The van der Waals surface area contributed by atoms with Crippen LogP contribution in [0.1, 0.15) is 33.2 Å². The van der Waals surface area contributed by atoms with E-state index in [1.165, 1.54) is 36.7 Å². The molecule has 2 N–H and O–H groups in total. The largest absolute Gasteiger partial charge is 0.463 e. The fourth-order valence-electron chi connectivity index (χ4n) is 2.76. The number of halogens is 2. The van der Waals surface area contributed by atoms with Crippen LogP contribution in [0, 0.1) is 12.7 Å². The summed E-state index contributed by atoms with van der Waals surface area (Å²) in [6, 6.07) is 9.18. The number of alkyl halides is 1. The Labute approximate surface area is 159 Å². The molecule has 0 aliphatic heterocycles. The number of nitrogens with zero attached hydrogens (tertiary/aromatic N) is 1. The van der Waals surface area contributed by atoms with Crippen molar-refractivity contribution in [2.75, 3.05) is 6.86 Å². The molecule has 6 nitrogen and oxygen atoms in total. The van der Waals surface area contributed by atoms with E-state index in [0.717, 1.165) is 0 Å². The fourth-order valence-corrected chi connectivity index (χ4v) is 2.76. The van der Waals surface area contributed by atoms with Crippen LogP contribution in [0.5, 0.6) is 5.75 Å². The van der Waals surface area contributed by atoms with Gasteiger partial charge >= 0.3 is 0 Å². The number of hydrogen-bond acceptors (Lipinski definition) is 4. The molecule has 1 amide bonds. The van der Waals surface area contributed by atoms with Gasteiger partial charge in [0.1, 0.15) is 17.3 Å². The van der Waals surface area contributed by atoms with Crippen LogP contribution in [-0.4, -0.2) is 22.7 Å². The minimum atomic E-state index is -0.971. The minimum absolute atomic E-state index is 0.0267. The van der Waals surface area contributed by atoms with Gasteiger partial charge in [0.25, 0.3) is 5.91 Å². The van der Waals surface area contributed by atoms with E-state index in [2.05, 4.69) is 15.3 Å². The van der Waals surface area contributed by atoms with Crippen molar-refractivity contribution in [1.29, 1.82) is 0 Å². The first-order valence-corrected chi connectivity index (χ1v) is 8.39. The lowest BCUT2D eigenvalue weighted by Crippen LogP contribution is -2.31. The first kappa shape index (κ1) is 19.2. The molecule has 0 saturated carbocycles. The van der Waals surface area contributed by atoms with Crippen molar-refractivity contribution >= 4 is 5.91 Å². The first-order valence-electron chi connectivity index (χ1n) is 8.39. The first-order chi connectivity index (χ1) is 13.5. The summed E-state index contributed by atoms with van der Waals surface area (Å²) in [5, 5.41) is 2.73. The highest BCUT2D eigenvalue weighted by Crippen LogP contribution is 2.27. The van der Waals surface area contributed by atoms with Crippen molar-refractivity contribution in [2.24, 2.45) is 0 Å². The van der Waals surface area contributed by atoms with Crippen LogP contribution >= 0.6 is 0 Å². The predicted octanol–water partition coefficient (Wildman–Crippen LogP) is 3.04. The normalized spacial score (nSPS) is 11.7. The molecule has 144 valence electrons. The number of ether oxygens (including phenoxy) is 1. The SMILES string of the molecule is Cc1cc([C@H](NC(=O)c2ccc(=O)[nH]c2)c2ncccc2F)ccc1OCF. The molecule has 3 rings (SSSR count). The number of hydrogen-bond donors (Lipinski definition) is 2. The number of carbonyl (C=O) groups excluding carboxylic acids is 1. The van der Waals surface area contributed by atoms with E-state index in [9.17, 15) is 18.4 Å². The van der Waals surface area contributed by atoms with Gasteiger partial charge in [0.2, 0.25) is 12.4 Å². The second-order valence-electron chi connectivity index (χ2n) is 6.00. The number of rotatable bonds is 6. The van der Waals surface area contributed by atoms with Crippen molar-refractivity contribution in [3.63, 3.8) is 0 Å². The molecule has 3 aromatic rings. The highest BCUT2D eigenvalue weighted by Gasteiger charge is 2.23. The number of aromatic nitrogens is 2. The van der Waals surface area contributed by atoms with Crippen LogP contribution in [0.25, 0.3) is 0 Å². The maximum absolute atomic E-state index is 14.4. The number of nitrogens with one attached hydrogen (secondary N) is 2. The van der Waals surface area contributed by atoms with E-state index >= 15 is 0 Å². The highest BCUT2D eigenvalue weighted by molar-refractivity contribution is 5.94. The van der Waals surface area contributed by atoms with Gasteiger partial charge in [-0.1, -0.05) is 6.07 Å². The summed E-state index contributed by atoms with van der Waals surface area (Å²) in [7, 11) is 0.